The van der Waals surface area contributed by atoms with Crippen LogP contribution < -0.4 is 5.32 Å². The van der Waals surface area contributed by atoms with Crippen LogP contribution in [0.3, 0.4) is 0 Å². The van der Waals surface area contributed by atoms with Crippen LogP contribution in [0.25, 0.3) is 0 Å². The molecule has 0 aromatic heterocycles. The van der Waals surface area contributed by atoms with Crippen molar-refractivity contribution in [1.29, 1.82) is 0 Å². The number of nitrogens with zero attached hydrogens (tertiary/aromatic N) is 1. The Bertz CT molecular complexity index is 214. The van der Waals surface area contributed by atoms with Gasteiger partial charge in [0.2, 0.25) is 0 Å². The summed E-state index contributed by atoms with van der Waals surface area (Å²) in [4.78, 5) is 2.54. The number of nitrogens with one attached hydrogen (secondary N) is 1. The highest BCUT2D eigenvalue weighted by molar-refractivity contribution is 4.86. The third kappa shape index (κ3) is 3.44. The van der Waals surface area contributed by atoms with Gasteiger partial charge in [-0.15, -0.1) is 0 Å². The zero-order valence-electron chi connectivity index (χ0n) is 10.3. The van der Waals surface area contributed by atoms with Crippen molar-refractivity contribution < 1.29 is 4.74 Å². The molecule has 0 radical (unpaired) electrons. The molecule has 1 aliphatic heterocycles. The van der Waals surface area contributed by atoms with Crippen molar-refractivity contribution in [3.63, 3.8) is 0 Å². The second-order valence-corrected chi connectivity index (χ2v) is 5.61. The fourth-order valence-corrected chi connectivity index (χ4v) is 2.18. The van der Waals surface area contributed by atoms with Gasteiger partial charge < -0.3 is 10.1 Å². The molecule has 3 heteroatoms. The molecule has 0 amide bonds. The van der Waals surface area contributed by atoms with E-state index in [-0.39, 0.29) is 5.60 Å². The Morgan fingerprint density at radius 3 is 2.80 bits per heavy atom. The summed E-state index contributed by atoms with van der Waals surface area (Å²) in [7, 11) is 0. The maximum atomic E-state index is 5.72. The smallest absolute Gasteiger partial charge is 0.0753 e. The van der Waals surface area contributed by atoms with Crippen molar-refractivity contribution in [2.24, 2.45) is 0 Å². The van der Waals surface area contributed by atoms with Gasteiger partial charge in [-0.2, -0.15) is 0 Å². The van der Waals surface area contributed by atoms with E-state index in [1.54, 1.807) is 0 Å². The van der Waals surface area contributed by atoms with E-state index in [0.717, 1.165) is 32.3 Å². The van der Waals surface area contributed by atoms with E-state index in [9.17, 15) is 0 Å². The predicted octanol–water partition coefficient (Wildman–Crippen LogP) is 1.24. The van der Waals surface area contributed by atoms with Gasteiger partial charge in [-0.25, -0.2) is 0 Å². The Kier molecular flexibility index (Phi) is 3.33. The zero-order chi connectivity index (χ0) is 10.9. The molecule has 1 atom stereocenters. The van der Waals surface area contributed by atoms with Crippen LogP contribution in [0.15, 0.2) is 0 Å². The lowest BCUT2D eigenvalue weighted by atomic mass is 10.1. The monoisotopic (exact) mass is 212 g/mol. The average Bonchev–Trinajstić information content (AvgIpc) is 2.96. The highest BCUT2D eigenvalue weighted by Gasteiger charge is 2.30. The van der Waals surface area contributed by atoms with Gasteiger partial charge in [0.1, 0.15) is 0 Å². The molecule has 0 spiro atoms. The Hall–Kier alpha value is -0.120. The number of hydrogen-bond acceptors (Lipinski definition) is 3. The molecule has 2 aliphatic rings. The quantitative estimate of drug-likeness (QED) is 0.759. The third-order valence-corrected chi connectivity index (χ3v) is 3.36. The maximum absolute atomic E-state index is 5.72. The van der Waals surface area contributed by atoms with E-state index in [2.05, 4.69) is 31.0 Å². The lowest BCUT2D eigenvalue weighted by Crippen LogP contribution is -2.53. The van der Waals surface area contributed by atoms with Crippen molar-refractivity contribution in [3.8, 4) is 0 Å². The molecule has 2 rings (SSSR count). The van der Waals surface area contributed by atoms with Gasteiger partial charge in [0, 0.05) is 31.7 Å². The third-order valence-electron chi connectivity index (χ3n) is 3.36. The lowest BCUT2D eigenvalue weighted by molar-refractivity contribution is -0.0950. The van der Waals surface area contributed by atoms with Crippen LogP contribution in [0.5, 0.6) is 0 Å². The van der Waals surface area contributed by atoms with E-state index < -0.39 is 0 Å². The number of hydrogen-bond donors (Lipinski definition) is 1. The van der Waals surface area contributed by atoms with Crippen LogP contribution in [-0.2, 0) is 4.74 Å². The molecule has 1 saturated carbocycles. The molecule has 1 N–H and O–H groups in total. The molecule has 0 aromatic rings. The fourth-order valence-electron chi connectivity index (χ4n) is 2.18. The van der Waals surface area contributed by atoms with Crippen molar-refractivity contribution in [1.82, 2.24) is 10.2 Å². The first-order valence-electron chi connectivity index (χ1n) is 6.18. The summed E-state index contributed by atoms with van der Waals surface area (Å²) in [6.45, 7) is 10.8. The minimum Gasteiger partial charge on any atom is -0.373 e. The van der Waals surface area contributed by atoms with E-state index in [0.29, 0.717) is 6.04 Å². The molecule has 1 saturated heterocycles. The number of morpholine rings is 1. The molecule has 1 heterocycles. The van der Waals surface area contributed by atoms with E-state index in [1.165, 1.54) is 12.8 Å². The number of rotatable bonds is 4. The molecule has 88 valence electrons. The zero-order valence-corrected chi connectivity index (χ0v) is 10.3. The predicted molar refractivity (Wildman–Crippen MR) is 62.1 cm³/mol. The van der Waals surface area contributed by atoms with Crippen molar-refractivity contribution in [2.75, 3.05) is 26.2 Å². The lowest BCUT2D eigenvalue weighted by Gasteiger charge is -2.41. The van der Waals surface area contributed by atoms with E-state index >= 15 is 0 Å². The summed E-state index contributed by atoms with van der Waals surface area (Å²) in [5, 5.41) is 3.60. The van der Waals surface area contributed by atoms with E-state index in [4.69, 9.17) is 4.74 Å². The summed E-state index contributed by atoms with van der Waals surface area (Å²) < 4.78 is 5.72. The molecule has 3 nitrogen and oxygen atoms in total. The Labute approximate surface area is 93.2 Å². The number of ether oxygens (including phenoxy) is 1. The normalized spacial score (nSPS) is 29.0. The summed E-state index contributed by atoms with van der Waals surface area (Å²) in [6.07, 6.45) is 2.75. The van der Waals surface area contributed by atoms with Gasteiger partial charge in [-0.1, -0.05) is 0 Å². The van der Waals surface area contributed by atoms with Crippen LogP contribution in [0.2, 0.25) is 0 Å². The minimum absolute atomic E-state index is 0.0338. The molecule has 2 fully saturated rings. The van der Waals surface area contributed by atoms with Crippen molar-refractivity contribution in [2.45, 2.75) is 51.3 Å². The SMILES string of the molecule is CC(CNC1CC1)N1CCOC(C)(C)C1. The van der Waals surface area contributed by atoms with Crippen LogP contribution in [0.1, 0.15) is 33.6 Å². The molecule has 0 aromatic carbocycles. The first-order valence-corrected chi connectivity index (χ1v) is 6.18. The average molecular weight is 212 g/mol. The first kappa shape index (κ1) is 11.4. The molecule has 1 unspecified atom stereocenters. The maximum Gasteiger partial charge on any atom is 0.0753 e. The van der Waals surface area contributed by atoms with Crippen molar-refractivity contribution >= 4 is 0 Å². The van der Waals surface area contributed by atoms with Gasteiger partial charge in [-0.05, 0) is 33.6 Å². The fraction of sp³-hybridized carbons (Fsp3) is 1.00. The molecule has 15 heavy (non-hydrogen) atoms. The van der Waals surface area contributed by atoms with Gasteiger partial charge in [0.15, 0.2) is 0 Å². The minimum atomic E-state index is 0.0338. The largest absolute Gasteiger partial charge is 0.373 e. The van der Waals surface area contributed by atoms with Crippen LogP contribution in [-0.4, -0.2) is 48.8 Å². The van der Waals surface area contributed by atoms with Crippen LogP contribution >= 0.6 is 0 Å². The van der Waals surface area contributed by atoms with Crippen LogP contribution in [0.4, 0.5) is 0 Å². The van der Waals surface area contributed by atoms with Crippen LogP contribution in [0, 0.1) is 0 Å². The van der Waals surface area contributed by atoms with Gasteiger partial charge in [0.05, 0.1) is 12.2 Å². The Morgan fingerprint density at radius 2 is 2.20 bits per heavy atom. The second kappa shape index (κ2) is 4.40. The standard InChI is InChI=1S/C12H24N2O/c1-10(8-13-11-4-5-11)14-6-7-15-12(2,3)9-14/h10-11,13H,4-9H2,1-3H3. The highest BCUT2D eigenvalue weighted by atomic mass is 16.5. The first-order chi connectivity index (χ1) is 7.07. The van der Waals surface area contributed by atoms with Gasteiger partial charge >= 0.3 is 0 Å². The second-order valence-electron chi connectivity index (χ2n) is 5.61. The molecule has 0 bridgehead atoms. The Morgan fingerprint density at radius 1 is 1.47 bits per heavy atom. The summed E-state index contributed by atoms with van der Waals surface area (Å²) in [6, 6.07) is 1.45. The van der Waals surface area contributed by atoms with E-state index in [1.807, 2.05) is 0 Å². The Balaban J connectivity index is 1.75. The van der Waals surface area contributed by atoms with Gasteiger partial charge in [-0.3, -0.25) is 4.90 Å². The van der Waals surface area contributed by atoms with Crippen molar-refractivity contribution in [3.05, 3.63) is 0 Å². The summed E-state index contributed by atoms with van der Waals surface area (Å²) in [5.41, 5.74) is 0.0338. The molecular weight excluding hydrogens is 188 g/mol. The molecular formula is C12H24N2O. The van der Waals surface area contributed by atoms with Gasteiger partial charge in [0.25, 0.3) is 0 Å². The topological polar surface area (TPSA) is 24.5 Å². The highest BCUT2D eigenvalue weighted by Crippen LogP contribution is 2.20. The summed E-state index contributed by atoms with van der Waals surface area (Å²) >= 11 is 0. The summed E-state index contributed by atoms with van der Waals surface area (Å²) in [5.74, 6) is 0. The molecule has 1 aliphatic carbocycles.